The Morgan fingerprint density at radius 1 is 0.450 bits per heavy atom. The molecule has 0 aliphatic carbocycles. The molecule has 0 unspecified atom stereocenters. The topological polar surface area (TPSA) is 24.7 Å². The molecule has 2 aromatic carbocycles. The number of nitrogens with zero attached hydrogens (tertiary/aromatic N) is 2. The molecule has 0 aliphatic heterocycles. The van der Waals surface area contributed by atoms with Gasteiger partial charge in [0.15, 0.2) is 0 Å². The van der Waals surface area contributed by atoms with Crippen molar-refractivity contribution in [2.45, 2.75) is 144 Å². The van der Waals surface area contributed by atoms with Gasteiger partial charge in [0.1, 0.15) is 0 Å². The minimum atomic E-state index is 0.0804. The number of rotatable bonds is 9. The maximum atomic E-state index is 4.86. The molecule has 0 radical (unpaired) electrons. The van der Waals surface area contributed by atoms with Gasteiger partial charge in [-0.05, 0) is 92.9 Å². The number of hydrogen-bond acceptors (Lipinski definition) is 2. The molecular weight excluding hydrogens is 484 g/mol. The van der Waals surface area contributed by atoms with E-state index in [4.69, 9.17) is 9.98 Å². The summed E-state index contributed by atoms with van der Waals surface area (Å²) in [7, 11) is 0. The molecule has 0 fully saturated rings. The molecule has 0 saturated heterocycles. The number of aliphatic imine (C=N–C) groups is 2. The third kappa shape index (κ3) is 9.15. The predicted octanol–water partition coefficient (Wildman–Crippen LogP) is 10.6. The van der Waals surface area contributed by atoms with E-state index in [1.165, 1.54) is 57.3 Å². The fraction of sp³-hybridized carbons (Fsp3) is 0.632. The van der Waals surface area contributed by atoms with Crippen LogP contribution in [0.3, 0.4) is 0 Å². The first-order valence-corrected chi connectivity index (χ1v) is 15.5. The van der Waals surface area contributed by atoms with Gasteiger partial charge >= 0.3 is 0 Å². The molecule has 0 bridgehead atoms. The average molecular weight is 545 g/mol. The minimum Gasteiger partial charge on any atom is -0.293 e. The normalized spacial score (nSPS) is 13.7. The van der Waals surface area contributed by atoms with Crippen LogP contribution in [0.25, 0.3) is 0 Å². The molecular formula is C38H60N2. The van der Waals surface area contributed by atoms with E-state index >= 15 is 0 Å². The molecule has 0 saturated carbocycles. The van der Waals surface area contributed by atoms with Crippen LogP contribution in [-0.4, -0.2) is 25.5 Å². The van der Waals surface area contributed by atoms with Gasteiger partial charge in [-0.1, -0.05) is 120 Å². The maximum Gasteiger partial charge on any atom is 0.0389 e. The molecule has 0 atom stereocenters. The third-order valence-electron chi connectivity index (χ3n) is 7.68. The smallest absolute Gasteiger partial charge is 0.0389 e. The van der Waals surface area contributed by atoms with Crippen LogP contribution in [0.2, 0.25) is 0 Å². The maximum absolute atomic E-state index is 4.86. The Kier molecular flexibility index (Phi) is 11.2. The molecule has 2 aromatic rings. The molecule has 0 N–H and O–H groups in total. The van der Waals surface area contributed by atoms with Crippen LogP contribution in [-0.2, 0) is 21.7 Å². The largest absolute Gasteiger partial charge is 0.293 e. The quantitative estimate of drug-likeness (QED) is 0.221. The highest BCUT2D eigenvalue weighted by molar-refractivity contribution is 5.84. The molecule has 40 heavy (non-hydrogen) atoms. The van der Waals surface area contributed by atoms with Crippen LogP contribution >= 0.6 is 0 Å². The summed E-state index contributed by atoms with van der Waals surface area (Å²) in [4.78, 5) is 9.71. The van der Waals surface area contributed by atoms with Crippen LogP contribution in [0, 0.1) is 13.8 Å². The van der Waals surface area contributed by atoms with Gasteiger partial charge in [-0.3, -0.25) is 9.98 Å². The van der Waals surface area contributed by atoms with E-state index in [-0.39, 0.29) is 21.7 Å². The Morgan fingerprint density at radius 3 is 1.02 bits per heavy atom. The molecule has 0 aromatic heterocycles. The summed E-state index contributed by atoms with van der Waals surface area (Å²) in [5, 5.41) is 0. The van der Waals surface area contributed by atoms with Crippen LogP contribution in [0.5, 0.6) is 0 Å². The van der Waals surface area contributed by atoms with Crippen LogP contribution in [0.15, 0.2) is 34.3 Å². The van der Waals surface area contributed by atoms with Gasteiger partial charge in [0.2, 0.25) is 0 Å². The Labute approximate surface area is 248 Å². The van der Waals surface area contributed by atoms with Gasteiger partial charge in [-0.25, -0.2) is 0 Å². The second-order valence-corrected chi connectivity index (χ2v) is 15.9. The van der Waals surface area contributed by atoms with Crippen molar-refractivity contribution in [3.63, 3.8) is 0 Å². The van der Waals surface area contributed by atoms with Crippen molar-refractivity contribution >= 4 is 12.4 Å². The van der Waals surface area contributed by atoms with Gasteiger partial charge in [0.25, 0.3) is 0 Å². The fourth-order valence-electron chi connectivity index (χ4n) is 6.30. The summed E-state index contributed by atoms with van der Waals surface area (Å²) in [5.74, 6) is 0. The van der Waals surface area contributed by atoms with E-state index in [1.54, 1.807) is 0 Å². The lowest BCUT2D eigenvalue weighted by atomic mass is 9.71. The zero-order chi connectivity index (χ0) is 30.5. The Hall–Kier alpha value is -2.22. The second kappa shape index (κ2) is 13.2. The SMILES string of the molecule is Cc1ccc(C=NCCCCCCN=Cc2ccc(C)c(C(C)(C)C)c2C(C)(C)C)c(C(C)(C)C)c1C(C)(C)C. The Morgan fingerprint density at radius 2 is 0.750 bits per heavy atom. The van der Waals surface area contributed by atoms with E-state index in [0.29, 0.717) is 0 Å². The number of unbranched alkanes of at least 4 members (excludes halogenated alkanes) is 3. The second-order valence-electron chi connectivity index (χ2n) is 15.9. The predicted molar refractivity (Wildman–Crippen MR) is 181 cm³/mol. The summed E-state index contributed by atoms with van der Waals surface area (Å²) < 4.78 is 0. The molecule has 0 aliphatic rings. The van der Waals surface area contributed by atoms with Crippen molar-refractivity contribution in [1.82, 2.24) is 0 Å². The lowest BCUT2D eigenvalue weighted by Crippen LogP contribution is -2.25. The van der Waals surface area contributed by atoms with E-state index in [0.717, 1.165) is 25.9 Å². The standard InChI is InChI=1S/C38H60N2/c1-27-19-21-29(33(37(9,10)11)31(27)35(3,4)5)25-39-23-17-15-16-18-24-40-26-30-22-20-28(2)32(36(6,7)8)34(30)38(12,13)14/h19-22,25-26H,15-18,23-24H2,1-14H3. The summed E-state index contributed by atoms with van der Waals surface area (Å²) in [6.45, 7) is 34.1. The Balaban J connectivity index is 1.95. The molecule has 2 nitrogen and oxygen atoms in total. The van der Waals surface area contributed by atoms with Crippen molar-refractivity contribution in [3.05, 3.63) is 68.8 Å². The van der Waals surface area contributed by atoms with Crippen molar-refractivity contribution in [3.8, 4) is 0 Å². The molecule has 2 rings (SSSR count). The highest BCUT2D eigenvalue weighted by Crippen LogP contribution is 2.39. The third-order valence-corrected chi connectivity index (χ3v) is 7.68. The monoisotopic (exact) mass is 544 g/mol. The van der Waals surface area contributed by atoms with Gasteiger partial charge in [-0.15, -0.1) is 0 Å². The zero-order valence-electron chi connectivity index (χ0n) is 28.6. The lowest BCUT2D eigenvalue weighted by Gasteiger charge is -2.33. The zero-order valence-corrected chi connectivity index (χ0v) is 28.6. The molecule has 2 heteroatoms. The first kappa shape index (κ1) is 34.0. The molecule has 222 valence electrons. The molecule has 0 amide bonds. The fourth-order valence-corrected chi connectivity index (χ4v) is 6.30. The van der Waals surface area contributed by atoms with Crippen LogP contribution in [0.1, 0.15) is 153 Å². The number of hydrogen-bond donors (Lipinski definition) is 0. The number of benzene rings is 2. The minimum absolute atomic E-state index is 0.0804. The van der Waals surface area contributed by atoms with Crippen molar-refractivity contribution in [1.29, 1.82) is 0 Å². The highest BCUT2D eigenvalue weighted by Gasteiger charge is 2.30. The van der Waals surface area contributed by atoms with Gasteiger partial charge < -0.3 is 0 Å². The summed E-state index contributed by atoms with van der Waals surface area (Å²) in [6.07, 6.45) is 8.91. The van der Waals surface area contributed by atoms with Gasteiger partial charge in [0, 0.05) is 25.5 Å². The van der Waals surface area contributed by atoms with Gasteiger partial charge in [-0.2, -0.15) is 0 Å². The van der Waals surface area contributed by atoms with Crippen molar-refractivity contribution < 1.29 is 0 Å². The molecule has 0 spiro atoms. The highest BCUT2D eigenvalue weighted by atomic mass is 14.7. The first-order valence-electron chi connectivity index (χ1n) is 15.5. The van der Waals surface area contributed by atoms with E-state index < -0.39 is 0 Å². The van der Waals surface area contributed by atoms with Crippen LogP contribution < -0.4 is 0 Å². The first-order chi connectivity index (χ1) is 18.3. The van der Waals surface area contributed by atoms with E-state index in [9.17, 15) is 0 Å². The summed E-state index contributed by atoms with van der Waals surface area (Å²) in [5.41, 5.74) is 11.5. The number of aryl methyl sites for hydroxylation is 2. The Bertz CT molecular complexity index is 1090. The van der Waals surface area contributed by atoms with Gasteiger partial charge in [0.05, 0.1) is 0 Å². The summed E-state index contributed by atoms with van der Waals surface area (Å²) >= 11 is 0. The van der Waals surface area contributed by atoms with Crippen LogP contribution in [0.4, 0.5) is 0 Å². The van der Waals surface area contributed by atoms with E-state index in [2.05, 4.69) is 134 Å². The lowest BCUT2D eigenvalue weighted by molar-refractivity contribution is 0.526. The van der Waals surface area contributed by atoms with E-state index in [1.807, 2.05) is 0 Å². The summed E-state index contributed by atoms with van der Waals surface area (Å²) in [6, 6.07) is 9.05. The molecule has 0 heterocycles. The van der Waals surface area contributed by atoms with Crippen molar-refractivity contribution in [2.24, 2.45) is 9.98 Å². The average Bonchev–Trinajstić information content (AvgIpc) is 2.78. The van der Waals surface area contributed by atoms with Crippen molar-refractivity contribution in [2.75, 3.05) is 13.1 Å².